The number of amides is 1. The number of carbonyl (C=O) groups excluding carboxylic acids is 1. The molecule has 1 aromatic heterocycles. The fourth-order valence-electron chi connectivity index (χ4n) is 2.94. The van der Waals surface area contributed by atoms with E-state index in [2.05, 4.69) is 15.7 Å². The molecule has 3 rings (SSSR count). The molecule has 0 aliphatic carbocycles. The predicted octanol–water partition coefficient (Wildman–Crippen LogP) is 2.37. The van der Waals surface area contributed by atoms with Crippen molar-refractivity contribution in [2.75, 3.05) is 20.2 Å². The van der Waals surface area contributed by atoms with Crippen LogP contribution in [0.4, 0.5) is 13.2 Å². The number of nitrogens with one attached hydrogen (secondary N) is 2. The van der Waals surface area contributed by atoms with Crippen LogP contribution in [-0.2, 0) is 12.7 Å². The Morgan fingerprint density at radius 3 is 2.85 bits per heavy atom. The minimum Gasteiger partial charge on any atom is -0.496 e. The SMILES string of the molecule is COc1ccccc1CNC(=O)c1cc(C(F)(F)F)nn1[C@@H]1CCNC1. The Bertz CT molecular complexity index is 783. The highest BCUT2D eigenvalue weighted by atomic mass is 19.4. The number of aromatic nitrogens is 2. The van der Waals surface area contributed by atoms with Crippen LogP contribution in [0.15, 0.2) is 30.3 Å². The second kappa shape index (κ2) is 7.36. The maximum absolute atomic E-state index is 13.0. The van der Waals surface area contributed by atoms with Crippen molar-refractivity contribution in [3.63, 3.8) is 0 Å². The number of para-hydroxylation sites is 1. The topological polar surface area (TPSA) is 68.2 Å². The fourth-order valence-corrected chi connectivity index (χ4v) is 2.94. The summed E-state index contributed by atoms with van der Waals surface area (Å²) >= 11 is 0. The number of methoxy groups -OCH3 is 1. The molecule has 1 amide bonds. The van der Waals surface area contributed by atoms with E-state index in [9.17, 15) is 18.0 Å². The highest BCUT2D eigenvalue weighted by molar-refractivity contribution is 5.92. The van der Waals surface area contributed by atoms with Crippen molar-refractivity contribution in [1.29, 1.82) is 0 Å². The molecule has 0 bridgehead atoms. The molecule has 0 radical (unpaired) electrons. The molecule has 6 nitrogen and oxygen atoms in total. The maximum atomic E-state index is 13.0. The third kappa shape index (κ3) is 3.82. The summed E-state index contributed by atoms with van der Waals surface area (Å²) in [6.07, 6.45) is -3.99. The first kappa shape index (κ1) is 18.2. The van der Waals surface area contributed by atoms with Crippen LogP contribution in [0.5, 0.6) is 5.75 Å². The van der Waals surface area contributed by atoms with Crippen LogP contribution < -0.4 is 15.4 Å². The quantitative estimate of drug-likeness (QED) is 0.850. The van der Waals surface area contributed by atoms with Crippen molar-refractivity contribution < 1.29 is 22.7 Å². The summed E-state index contributed by atoms with van der Waals surface area (Å²) in [6, 6.07) is 7.63. The van der Waals surface area contributed by atoms with E-state index in [4.69, 9.17) is 4.74 Å². The van der Waals surface area contributed by atoms with Gasteiger partial charge in [0.1, 0.15) is 11.4 Å². The van der Waals surface area contributed by atoms with Crippen molar-refractivity contribution in [2.45, 2.75) is 25.2 Å². The average molecular weight is 368 g/mol. The zero-order valence-corrected chi connectivity index (χ0v) is 14.1. The zero-order valence-electron chi connectivity index (χ0n) is 14.1. The second-order valence-corrected chi connectivity index (χ2v) is 6.00. The number of carbonyl (C=O) groups is 1. The number of alkyl halides is 3. The molecule has 2 aromatic rings. The predicted molar refractivity (Wildman–Crippen MR) is 87.9 cm³/mol. The van der Waals surface area contributed by atoms with Gasteiger partial charge in [0.05, 0.1) is 13.2 Å². The van der Waals surface area contributed by atoms with Gasteiger partial charge in [0.25, 0.3) is 5.91 Å². The number of hydrogen-bond donors (Lipinski definition) is 2. The molecule has 26 heavy (non-hydrogen) atoms. The number of halogens is 3. The smallest absolute Gasteiger partial charge is 0.435 e. The van der Waals surface area contributed by atoms with Crippen LogP contribution in [0.2, 0.25) is 0 Å². The first-order valence-electron chi connectivity index (χ1n) is 8.17. The lowest BCUT2D eigenvalue weighted by molar-refractivity contribution is -0.141. The molecule has 0 saturated carbocycles. The van der Waals surface area contributed by atoms with Gasteiger partial charge < -0.3 is 15.4 Å². The molecule has 9 heteroatoms. The van der Waals surface area contributed by atoms with Crippen LogP contribution in [-0.4, -0.2) is 35.9 Å². The summed E-state index contributed by atoms with van der Waals surface area (Å²) in [5, 5.41) is 9.36. The van der Waals surface area contributed by atoms with E-state index in [0.29, 0.717) is 25.3 Å². The summed E-state index contributed by atoms with van der Waals surface area (Å²) in [5.74, 6) is -0.0110. The molecular formula is C17H19F3N4O2. The average Bonchev–Trinajstić information content (AvgIpc) is 3.28. The van der Waals surface area contributed by atoms with Crippen molar-refractivity contribution in [3.05, 3.63) is 47.3 Å². The van der Waals surface area contributed by atoms with E-state index in [1.165, 1.54) is 11.8 Å². The van der Waals surface area contributed by atoms with Gasteiger partial charge in [0.2, 0.25) is 0 Å². The summed E-state index contributed by atoms with van der Waals surface area (Å²) in [7, 11) is 1.51. The first-order valence-corrected chi connectivity index (χ1v) is 8.17. The van der Waals surface area contributed by atoms with E-state index in [0.717, 1.165) is 11.6 Å². The normalized spacial score (nSPS) is 17.3. The van der Waals surface area contributed by atoms with Crippen molar-refractivity contribution in [3.8, 4) is 5.75 Å². The molecule has 1 fully saturated rings. The Morgan fingerprint density at radius 2 is 2.19 bits per heavy atom. The van der Waals surface area contributed by atoms with Gasteiger partial charge in [-0.1, -0.05) is 18.2 Å². The molecule has 0 unspecified atom stereocenters. The number of nitrogens with zero attached hydrogens (tertiary/aromatic N) is 2. The lowest BCUT2D eigenvalue weighted by Gasteiger charge is -2.14. The highest BCUT2D eigenvalue weighted by Gasteiger charge is 2.37. The van der Waals surface area contributed by atoms with Gasteiger partial charge in [-0.25, -0.2) is 0 Å². The number of ether oxygens (including phenoxy) is 1. The fraction of sp³-hybridized carbons (Fsp3) is 0.412. The molecule has 2 N–H and O–H groups in total. The van der Waals surface area contributed by atoms with E-state index in [1.807, 2.05) is 0 Å². The zero-order chi connectivity index (χ0) is 18.7. The highest BCUT2D eigenvalue weighted by Crippen LogP contribution is 2.30. The van der Waals surface area contributed by atoms with E-state index < -0.39 is 17.8 Å². The van der Waals surface area contributed by atoms with Gasteiger partial charge in [0.15, 0.2) is 5.69 Å². The van der Waals surface area contributed by atoms with Gasteiger partial charge in [-0.15, -0.1) is 0 Å². The Morgan fingerprint density at radius 1 is 1.42 bits per heavy atom. The van der Waals surface area contributed by atoms with Crippen molar-refractivity contribution in [1.82, 2.24) is 20.4 Å². The third-order valence-electron chi connectivity index (χ3n) is 4.27. The number of hydrogen-bond acceptors (Lipinski definition) is 4. The molecule has 1 aliphatic heterocycles. The lowest BCUT2D eigenvalue weighted by atomic mass is 10.2. The minimum absolute atomic E-state index is 0.0964. The molecule has 1 saturated heterocycles. The standard InChI is InChI=1S/C17H19F3N4O2/c1-26-14-5-3-2-4-11(14)9-22-16(25)13-8-15(17(18,19)20)23-24(13)12-6-7-21-10-12/h2-5,8,12,21H,6-7,9-10H2,1H3,(H,22,25)/t12-/m1/s1. The summed E-state index contributed by atoms with van der Waals surface area (Å²) in [6.45, 7) is 1.29. The Balaban J connectivity index is 1.82. The van der Waals surface area contributed by atoms with E-state index in [1.54, 1.807) is 24.3 Å². The Hall–Kier alpha value is -2.55. The van der Waals surface area contributed by atoms with Crippen LogP contribution in [0, 0.1) is 0 Å². The largest absolute Gasteiger partial charge is 0.496 e. The van der Waals surface area contributed by atoms with Crippen LogP contribution >= 0.6 is 0 Å². The van der Waals surface area contributed by atoms with Crippen LogP contribution in [0.3, 0.4) is 0 Å². The van der Waals surface area contributed by atoms with Crippen molar-refractivity contribution >= 4 is 5.91 Å². The van der Waals surface area contributed by atoms with E-state index >= 15 is 0 Å². The Kier molecular flexibility index (Phi) is 5.17. The third-order valence-corrected chi connectivity index (χ3v) is 4.27. The molecular weight excluding hydrogens is 349 g/mol. The summed E-state index contributed by atoms with van der Waals surface area (Å²) < 4.78 is 45.5. The monoisotopic (exact) mass is 368 g/mol. The maximum Gasteiger partial charge on any atom is 0.435 e. The minimum atomic E-state index is -4.60. The van der Waals surface area contributed by atoms with Gasteiger partial charge >= 0.3 is 6.18 Å². The molecule has 2 heterocycles. The van der Waals surface area contributed by atoms with E-state index in [-0.39, 0.29) is 18.3 Å². The molecule has 1 aliphatic rings. The van der Waals surface area contributed by atoms with Gasteiger partial charge in [-0.05, 0) is 19.0 Å². The molecule has 1 aromatic carbocycles. The molecule has 1 atom stereocenters. The van der Waals surface area contributed by atoms with Crippen LogP contribution in [0.25, 0.3) is 0 Å². The van der Waals surface area contributed by atoms with Crippen molar-refractivity contribution in [2.24, 2.45) is 0 Å². The molecule has 0 spiro atoms. The number of rotatable bonds is 5. The first-order chi connectivity index (χ1) is 12.4. The molecule has 140 valence electrons. The van der Waals surface area contributed by atoms with Crippen LogP contribution in [0.1, 0.15) is 34.2 Å². The second-order valence-electron chi connectivity index (χ2n) is 6.00. The summed E-state index contributed by atoms with van der Waals surface area (Å²) in [5.41, 5.74) is -0.430. The lowest BCUT2D eigenvalue weighted by Crippen LogP contribution is -2.28. The van der Waals surface area contributed by atoms with Gasteiger partial charge in [-0.2, -0.15) is 18.3 Å². The number of benzene rings is 1. The van der Waals surface area contributed by atoms with Gasteiger partial charge in [-0.3, -0.25) is 9.48 Å². The van der Waals surface area contributed by atoms with Gasteiger partial charge in [0, 0.05) is 24.7 Å². The Labute approximate surface area is 148 Å². The summed E-state index contributed by atoms with van der Waals surface area (Å²) in [4.78, 5) is 12.5.